The number of carbonyl (C=O) groups is 1. The van der Waals surface area contributed by atoms with Gasteiger partial charge in [0.2, 0.25) is 5.24 Å². The first-order valence-corrected chi connectivity index (χ1v) is 4.72. The Labute approximate surface area is 73.1 Å². The van der Waals surface area contributed by atoms with Gasteiger partial charge in [-0.3, -0.25) is 4.79 Å². The predicted octanol–water partition coefficient (Wildman–Crippen LogP) is 2.97. The molecule has 11 heavy (non-hydrogen) atoms. The molecule has 0 aromatic heterocycles. The average Bonchev–Trinajstić information content (AvgIpc) is 2.45. The van der Waals surface area contributed by atoms with Gasteiger partial charge in [-0.1, -0.05) is 25.7 Å². The average molecular weight is 175 g/mol. The standard InChI is InChI=1S/C7H12.C2H3ClO/c1-2-7-4-3-6(1)5-7;1-2(3)4/h6-7H,1-5H2;1H3. The van der Waals surface area contributed by atoms with Crippen molar-refractivity contribution in [2.45, 2.75) is 39.0 Å². The van der Waals surface area contributed by atoms with Crippen molar-refractivity contribution in [3.8, 4) is 0 Å². The molecule has 1 nitrogen and oxygen atoms in total. The molecule has 0 radical (unpaired) electrons. The molecule has 0 atom stereocenters. The molecule has 0 spiro atoms. The Balaban J connectivity index is 0.000000134. The van der Waals surface area contributed by atoms with Crippen LogP contribution >= 0.6 is 11.6 Å². The lowest BCUT2D eigenvalue weighted by molar-refractivity contribution is -0.109. The summed E-state index contributed by atoms with van der Waals surface area (Å²) in [7, 11) is 0. The van der Waals surface area contributed by atoms with E-state index in [0.717, 1.165) is 0 Å². The summed E-state index contributed by atoms with van der Waals surface area (Å²) in [5, 5.41) is -0.361. The van der Waals surface area contributed by atoms with Gasteiger partial charge in [0, 0.05) is 6.92 Å². The van der Waals surface area contributed by atoms with E-state index in [1.807, 2.05) is 0 Å². The molecule has 0 unspecified atom stereocenters. The van der Waals surface area contributed by atoms with E-state index in [-0.39, 0.29) is 5.24 Å². The fourth-order valence-electron chi connectivity index (χ4n) is 2.17. The van der Waals surface area contributed by atoms with Crippen molar-refractivity contribution in [3.63, 3.8) is 0 Å². The van der Waals surface area contributed by atoms with Crippen LogP contribution in [-0.2, 0) is 4.79 Å². The molecular weight excluding hydrogens is 160 g/mol. The summed E-state index contributed by atoms with van der Waals surface area (Å²) in [5.41, 5.74) is 0. The van der Waals surface area contributed by atoms with Crippen molar-refractivity contribution < 1.29 is 4.79 Å². The third-order valence-corrected chi connectivity index (χ3v) is 2.63. The molecule has 0 saturated heterocycles. The highest BCUT2D eigenvalue weighted by Crippen LogP contribution is 2.43. The van der Waals surface area contributed by atoms with Crippen LogP contribution in [0.5, 0.6) is 0 Å². The van der Waals surface area contributed by atoms with Gasteiger partial charge in [0.15, 0.2) is 0 Å². The van der Waals surface area contributed by atoms with Gasteiger partial charge in [0.25, 0.3) is 0 Å². The summed E-state index contributed by atoms with van der Waals surface area (Å²) >= 11 is 4.64. The third kappa shape index (κ3) is 3.24. The maximum Gasteiger partial charge on any atom is 0.218 e. The summed E-state index contributed by atoms with van der Waals surface area (Å²) in [6.45, 7) is 1.29. The van der Waals surface area contributed by atoms with E-state index in [1.165, 1.54) is 18.8 Å². The number of hydrogen-bond acceptors (Lipinski definition) is 1. The van der Waals surface area contributed by atoms with Gasteiger partial charge >= 0.3 is 0 Å². The quantitative estimate of drug-likeness (QED) is 0.516. The molecular formula is C9H15ClO. The summed E-state index contributed by atoms with van der Waals surface area (Å²) in [6, 6.07) is 0. The van der Waals surface area contributed by atoms with Crippen LogP contribution in [0.4, 0.5) is 0 Å². The molecule has 2 aliphatic rings. The van der Waals surface area contributed by atoms with Crippen molar-refractivity contribution >= 4 is 16.8 Å². The molecule has 0 N–H and O–H groups in total. The predicted molar refractivity (Wildman–Crippen MR) is 46.6 cm³/mol. The normalized spacial score (nSPS) is 32.9. The third-order valence-electron chi connectivity index (χ3n) is 2.63. The minimum atomic E-state index is -0.361. The molecule has 2 fully saturated rings. The van der Waals surface area contributed by atoms with Crippen molar-refractivity contribution in [2.75, 3.05) is 0 Å². The van der Waals surface area contributed by atoms with Gasteiger partial charge < -0.3 is 0 Å². The smallest absolute Gasteiger partial charge is 0.218 e. The minimum Gasteiger partial charge on any atom is -0.282 e. The number of rotatable bonds is 0. The van der Waals surface area contributed by atoms with Crippen LogP contribution in [0.1, 0.15) is 39.0 Å². The number of halogens is 1. The lowest BCUT2D eigenvalue weighted by atomic mass is 10.0. The molecule has 2 bridgehead atoms. The van der Waals surface area contributed by atoms with Crippen LogP contribution in [0.2, 0.25) is 0 Å². The molecule has 0 aliphatic heterocycles. The summed E-state index contributed by atoms with van der Waals surface area (Å²) in [5.74, 6) is 2.34. The second kappa shape index (κ2) is 4.10. The Bertz CT molecular complexity index is 122. The van der Waals surface area contributed by atoms with Gasteiger partial charge in [-0.25, -0.2) is 0 Å². The Hall–Kier alpha value is -0.0400. The molecule has 0 heterocycles. The van der Waals surface area contributed by atoms with Gasteiger partial charge in [-0.05, 0) is 29.9 Å². The van der Waals surface area contributed by atoms with Gasteiger partial charge in [-0.2, -0.15) is 0 Å². The Kier molecular flexibility index (Phi) is 3.38. The minimum absolute atomic E-state index is 0.361. The summed E-state index contributed by atoms with van der Waals surface area (Å²) in [4.78, 5) is 9.21. The maximum atomic E-state index is 9.21. The highest BCUT2D eigenvalue weighted by Gasteiger charge is 2.30. The van der Waals surface area contributed by atoms with Crippen LogP contribution in [0.15, 0.2) is 0 Å². The van der Waals surface area contributed by atoms with Crippen molar-refractivity contribution in [1.82, 2.24) is 0 Å². The fourth-order valence-corrected chi connectivity index (χ4v) is 2.17. The lowest BCUT2D eigenvalue weighted by Crippen LogP contribution is -1.90. The molecule has 2 heteroatoms. The van der Waals surface area contributed by atoms with E-state index in [2.05, 4.69) is 11.6 Å². The number of carbonyl (C=O) groups excluding carboxylic acids is 1. The Morgan fingerprint density at radius 3 is 1.55 bits per heavy atom. The molecule has 0 amide bonds. The first kappa shape index (κ1) is 9.05. The van der Waals surface area contributed by atoms with Crippen molar-refractivity contribution in [1.29, 1.82) is 0 Å². The van der Waals surface area contributed by atoms with Crippen molar-refractivity contribution in [2.24, 2.45) is 11.8 Å². The zero-order valence-electron chi connectivity index (χ0n) is 6.98. The second-order valence-electron chi connectivity index (χ2n) is 3.59. The first-order valence-electron chi connectivity index (χ1n) is 4.34. The largest absolute Gasteiger partial charge is 0.282 e. The van der Waals surface area contributed by atoms with Crippen molar-refractivity contribution in [3.05, 3.63) is 0 Å². The Morgan fingerprint density at radius 1 is 1.18 bits per heavy atom. The zero-order valence-corrected chi connectivity index (χ0v) is 7.73. The molecule has 2 rings (SSSR count). The van der Waals surface area contributed by atoms with Crippen LogP contribution in [0, 0.1) is 11.8 Å². The molecule has 2 saturated carbocycles. The van der Waals surface area contributed by atoms with Crippen LogP contribution in [0.25, 0.3) is 0 Å². The van der Waals surface area contributed by atoms with Gasteiger partial charge in [0.1, 0.15) is 0 Å². The molecule has 64 valence electrons. The number of hydrogen-bond donors (Lipinski definition) is 0. The SMILES string of the molecule is C1CC2CCC1C2.CC(=O)Cl. The van der Waals surface area contributed by atoms with E-state index in [0.29, 0.717) is 0 Å². The van der Waals surface area contributed by atoms with Gasteiger partial charge in [0.05, 0.1) is 0 Å². The van der Waals surface area contributed by atoms with Gasteiger partial charge in [-0.15, -0.1) is 0 Å². The van der Waals surface area contributed by atoms with Crippen LogP contribution < -0.4 is 0 Å². The molecule has 0 aromatic rings. The lowest BCUT2D eigenvalue weighted by Gasteiger charge is -2.05. The van der Waals surface area contributed by atoms with E-state index in [1.54, 1.807) is 32.1 Å². The highest BCUT2D eigenvalue weighted by atomic mass is 35.5. The van der Waals surface area contributed by atoms with E-state index in [4.69, 9.17) is 0 Å². The summed E-state index contributed by atoms with van der Waals surface area (Å²) in [6.07, 6.45) is 7.82. The monoisotopic (exact) mass is 174 g/mol. The molecule has 0 aromatic carbocycles. The van der Waals surface area contributed by atoms with E-state index >= 15 is 0 Å². The first-order chi connectivity index (χ1) is 5.18. The highest BCUT2D eigenvalue weighted by molar-refractivity contribution is 6.62. The zero-order chi connectivity index (χ0) is 8.27. The fraction of sp³-hybridized carbons (Fsp3) is 0.889. The number of fused-ring (bicyclic) bond motifs is 2. The van der Waals surface area contributed by atoms with Crippen LogP contribution in [-0.4, -0.2) is 5.24 Å². The Morgan fingerprint density at radius 2 is 1.45 bits per heavy atom. The summed E-state index contributed by atoms with van der Waals surface area (Å²) < 4.78 is 0. The van der Waals surface area contributed by atoms with Crippen LogP contribution in [0.3, 0.4) is 0 Å². The second-order valence-corrected chi connectivity index (χ2v) is 4.12. The maximum absolute atomic E-state index is 9.21. The van der Waals surface area contributed by atoms with E-state index in [9.17, 15) is 4.79 Å². The topological polar surface area (TPSA) is 17.1 Å². The van der Waals surface area contributed by atoms with E-state index < -0.39 is 0 Å². The molecule has 2 aliphatic carbocycles.